The number of anilines is 1. The smallest absolute Gasteiger partial charge is 0.0622 e. The Bertz CT molecular complexity index is 276. The minimum absolute atomic E-state index is 0.616. The summed E-state index contributed by atoms with van der Waals surface area (Å²) in [5.41, 5.74) is 1.10. The number of unbranched alkanes of at least 4 members (excludes halogenated alkanes) is 1. The molecule has 1 heterocycles. The van der Waals surface area contributed by atoms with Gasteiger partial charge in [0, 0.05) is 26.2 Å². The van der Waals surface area contributed by atoms with E-state index in [9.17, 15) is 0 Å². The van der Waals surface area contributed by atoms with Gasteiger partial charge in [-0.2, -0.15) is 5.26 Å². The van der Waals surface area contributed by atoms with E-state index in [2.05, 4.69) is 16.0 Å². The second-order valence-corrected chi connectivity index (χ2v) is 2.89. The van der Waals surface area contributed by atoms with Crippen LogP contribution in [0.5, 0.6) is 0 Å². The van der Waals surface area contributed by atoms with Gasteiger partial charge in [-0.15, -0.1) is 0 Å². The van der Waals surface area contributed by atoms with Crippen LogP contribution in [-0.2, 0) is 0 Å². The largest absolute Gasteiger partial charge is 0.373 e. The van der Waals surface area contributed by atoms with Gasteiger partial charge in [0.1, 0.15) is 0 Å². The molecule has 1 rings (SSSR count). The maximum absolute atomic E-state index is 8.37. The van der Waals surface area contributed by atoms with E-state index >= 15 is 0 Å². The molecule has 0 radical (unpaired) electrons. The third kappa shape index (κ3) is 3.12. The van der Waals surface area contributed by atoms with Crippen LogP contribution >= 0.6 is 0 Å². The lowest BCUT2D eigenvalue weighted by molar-refractivity contribution is 0.805. The molecule has 0 fully saturated rings. The molecule has 0 saturated heterocycles. The van der Waals surface area contributed by atoms with Gasteiger partial charge in [0.2, 0.25) is 0 Å². The van der Waals surface area contributed by atoms with Crippen molar-refractivity contribution >= 4 is 5.69 Å². The molecule has 0 spiro atoms. The van der Waals surface area contributed by atoms with Crippen molar-refractivity contribution in [1.82, 2.24) is 4.98 Å². The Hall–Kier alpha value is -1.56. The van der Waals surface area contributed by atoms with Gasteiger partial charge >= 0.3 is 0 Å². The van der Waals surface area contributed by atoms with Gasteiger partial charge in [-0.05, 0) is 18.6 Å². The van der Waals surface area contributed by atoms with E-state index in [0.717, 1.165) is 18.7 Å². The molecule has 13 heavy (non-hydrogen) atoms. The highest BCUT2D eigenvalue weighted by Gasteiger charge is 1.98. The Morgan fingerprint density at radius 3 is 3.08 bits per heavy atom. The maximum atomic E-state index is 8.37. The maximum Gasteiger partial charge on any atom is 0.0622 e. The predicted molar refractivity (Wildman–Crippen MR) is 52.4 cm³/mol. The first-order chi connectivity index (χ1) is 6.34. The molecule has 1 aromatic rings. The lowest BCUT2D eigenvalue weighted by Gasteiger charge is -2.17. The zero-order valence-electron chi connectivity index (χ0n) is 7.77. The molecule has 0 atom stereocenters. The zero-order chi connectivity index (χ0) is 9.52. The Morgan fingerprint density at radius 1 is 1.62 bits per heavy atom. The van der Waals surface area contributed by atoms with E-state index in [1.54, 1.807) is 6.20 Å². The second-order valence-electron chi connectivity index (χ2n) is 2.89. The first-order valence-electron chi connectivity index (χ1n) is 4.32. The number of nitriles is 1. The van der Waals surface area contributed by atoms with Crippen molar-refractivity contribution in [2.24, 2.45) is 0 Å². The minimum atomic E-state index is 0.616. The quantitative estimate of drug-likeness (QED) is 0.655. The third-order valence-electron chi connectivity index (χ3n) is 1.87. The van der Waals surface area contributed by atoms with Crippen molar-refractivity contribution in [3.63, 3.8) is 0 Å². The third-order valence-corrected chi connectivity index (χ3v) is 1.87. The van der Waals surface area contributed by atoms with Gasteiger partial charge in [0.15, 0.2) is 0 Å². The Labute approximate surface area is 78.6 Å². The van der Waals surface area contributed by atoms with Crippen LogP contribution in [0.15, 0.2) is 24.5 Å². The summed E-state index contributed by atoms with van der Waals surface area (Å²) in [7, 11) is 2.01. The highest BCUT2D eigenvalue weighted by Crippen LogP contribution is 2.09. The van der Waals surface area contributed by atoms with E-state index in [-0.39, 0.29) is 0 Å². The topological polar surface area (TPSA) is 39.9 Å². The lowest BCUT2D eigenvalue weighted by Crippen LogP contribution is -2.18. The Balaban J connectivity index is 2.41. The SMILES string of the molecule is CN(CCCC#N)c1cccnc1. The molecule has 0 N–H and O–H groups in total. The Morgan fingerprint density at radius 2 is 2.46 bits per heavy atom. The van der Waals surface area contributed by atoms with Gasteiger partial charge in [-0.3, -0.25) is 4.98 Å². The molecule has 68 valence electrons. The monoisotopic (exact) mass is 175 g/mol. The fraction of sp³-hybridized carbons (Fsp3) is 0.400. The Kier molecular flexibility index (Phi) is 3.77. The van der Waals surface area contributed by atoms with Crippen LogP contribution in [0.3, 0.4) is 0 Å². The van der Waals surface area contributed by atoms with Crippen LogP contribution in [0.1, 0.15) is 12.8 Å². The number of nitrogens with zero attached hydrogens (tertiary/aromatic N) is 3. The number of hydrogen-bond acceptors (Lipinski definition) is 3. The van der Waals surface area contributed by atoms with Crippen LogP contribution in [-0.4, -0.2) is 18.6 Å². The molecular weight excluding hydrogens is 162 g/mol. The first kappa shape index (κ1) is 9.53. The van der Waals surface area contributed by atoms with Crippen molar-refractivity contribution < 1.29 is 0 Å². The van der Waals surface area contributed by atoms with E-state index in [0.29, 0.717) is 6.42 Å². The molecule has 0 saturated carbocycles. The van der Waals surface area contributed by atoms with E-state index in [4.69, 9.17) is 5.26 Å². The second kappa shape index (κ2) is 5.15. The number of aromatic nitrogens is 1. The van der Waals surface area contributed by atoms with Gasteiger partial charge in [-0.1, -0.05) is 0 Å². The van der Waals surface area contributed by atoms with Gasteiger partial charge < -0.3 is 4.90 Å². The van der Waals surface area contributed by atoms with Crippen LogP contribution < -0.4 is 4.90 Å². The minimum Gasteiger partial charge on any atom is -0.373 e. The molecule has 0 aromatic carbocycles. The average molecular weight is 175 g/mol. The molecular formula is C10H13N3. The molecule has 0 bridgehead atoms. The number of rotatable bonds is 4. The van der Waals surface area contributed by atoms with Crippen molar-refractivity contribution in [2.75, 3.05) is 18.5 Å². The molecule has 1 aromatic heterocycles. The molecule has 0 unspecified atom stereocenters. The summed E-state index contributed by atoms with van der Waals surface area (Å²) in [5.74, 6) is 0. The van der Waals surface area contributed by atoms with Gasteiger partial charge in [0.05, 0.1) is 18.0 Å². The number of hydrogen-bond donors (Lipinski definition) is 0. The van der Waals surface area contributed by atoms with Crippen LogP contribution in [0.2, 0.25) is 0 Å². The average Bonchev–Trinajstić information content (AvgIpc) is 2.19. The van der Waals surface area contributed by atoms with E-state index in [1.165, 1.54) is 0 Å². The molecule has 3 nitrogen and oxygen atoms in total. The molecule has 0 aliphatic rings. The summed E-state index contributed by atoms with van der Waals surface area (Å²) in [5, 5.41) is 8.37. The van der Waals surface area contributed by atoms with Crippen LogP contribution in [0.25, 0.3) is 0 Å². The molecule has 0 aliphatic heterocycles. The fourth-order valence-corrected chi connectivity index (χ4v) is 1.10. The van der Waals surface area contributed by atoms with Crippen LogP contribution in [0, 0.1) is 11.3 Å². The molecule has 0 aliphatic carbocycles. The highest BCUT2D eigenvalue weighted by molar-refractivity contribution is 5.42. The normalized spacial score (nSPS) is 9.23. The van der Waals surface area contributed by atoms with Crippen LogP contribution in [0.4, 0.5) is 5.69 Å². The summed E-state index contributed by atoms with van der Waals surface area (Å²) in [6, 6.07) is 6.06. The number of pyridine rings is 1. The van der Waals surface area contributed by atoms with E-state index in [1.807, 2.05) is 25.4 Å². The van der Waals surface area contributed by atoms with E-state index < -0.39 is 0 Å². The summed E-state index contributed by atoms with van der Waals surface area (Å²) >= 11 is 0. The zero-order valence-corrected chi connectivity index (χ0v) is 7.77. The van der Waals surface area contributed by atoms with Gasteiger partial charge in [0.25, 0.3) is 0 Å². The van der Waals surface area contributed by atoms with Crippen molar-refractivity contribution in [1.29, 1.82) is 5.26 Å². The van der Waals surface area contributed by atoms with Crippen molar-refractivity contribution in [2.45, 2.75) is 12.8 Å². The van der Waals surface area contributed by atoms with Crippen molar-refractivity contribution in [3.8, 4) is 6.07 Å². The summed E-state index contributed by atoms with van der Waals surface area (Å²) in [4.78, 5) is 6.13. The fourth-order valence-electron chi connectivity index (χ4n) is 1.10. The lowest BCUT2D eigenvalue weighted by atomic mass is 10.3. The summed E-state index contributed by atoms with van der Waals surface area (Å²) in [6.45, 7) is 0.902. The van der Waals surface area contributed by atoms with Gasteiger partial charge in [-0.25, -0.2) is 0 Å². The standard InChI is InChI=1S/C10H13N3/c1-13(8-3-2-6-11)10-5-4-7-12-9-10/h4-5,7,9H,2-3,8H2,1H3. The molecule has 3 heteroatoms. The highest BCUT2D eigenvalue weighted by atomic mass is 15.1. The summed E-state index contributed by atoms with van der Waals surface area (Å²) < 4.78 is 0. The summed E-state index contributed by atoms with van der Waals surface area (Å²) in [6.07, 6.45) is 5.10. The predicted octanol–water partition coefficient (Wildman–Crippen LogP) is 1.82. The molecule has 0 amide bonds. The first-order valence-corrected chi connectivity index (χ1v) is 4.32. The van der Waals surface area contributed by atoms with Crippen molar-refractivity contribution in [3.05, 3.63) is 24.5 Å².